The van der Waals surface area contributed by atoms with Crippen LogP contribution in [0.2, 0.25) is 0 Å². The Kier molecular flexibility index (Phi) is 60.1. The highest BCUT2D eigenvalue weighted by Crippen LogP contribution is 2.38. The number of unbranched alkanes of at least 4 members (excludes halogenated alkanes) is 40. The number of nitrogens with one attached hydrogen (secondary N) is 1. The molecule has 0 bridgehead atoms. The molecule has 0 rings (SSSR count). The van der Waals surface area contributed by atoms with Crippen molar-refractivity contribution in [3.63, 3.8) is 0 Å². The second kappa shape index (κ2) is 61.8. The highest BCUT2D eigenvalue weighted by molar-refractivity contribution is 7.45. The van der Waals surface area contributed by atoms with Crippen molar-refractivity contribution < 1.29 is 37.3 Å². The first-order valence-corrected chi connectivity index (χ1v) is 36.6. The number of nitrogens with zero attached hydrogens (tertiary/aromatic N) is 1. The van der Waals surface area contributed by atoms with Crippen molar-refractivity contribution in [2.75, 3.05) is 40.9 Å². The Labute approximate surface area is 509 Å². The summed E-state index contributed by atoms with van der Waals surface area (Å²) < 4.78 is 30.4. The molecule has 82 heavy (non-hydrogen) atoms. The summed E-state index contributed by atoms with van der Waals surface area (Å²) in [5.74, 6) is -0.534. The first-order valence-electron chi connectivity index (χ1n) is 35.1. The van der Waals surface area contributed by atoms with Crippen LogP contribution in [0.1, 0.15) is 335 Å². The van der Waals surface area contributed by atoms with E-state index in [1.165, 1.54) is 231 Å². The third-order valence-corrected chi connectivity index (χ3v) is 16.6. The molecule has 0 heterocycles. The molecule has 0 aliphatic heterocycles. The Balaban J connectivity index is 5.07. The van der Waals surface area contributed by atoms with Crippen LogP contribution in [0.5, 0.6) is 0 Å². The van der Waals surface area contributed by atoms with E-state index in [0.29, 0.717) is 17.4 Å². The van der Waals surface area contributed by atoms with Gasteiger partial charge in [-0.15, -0.1) is 0 Å². The van der Waals surface area contributed by atoms with E-state index in [-0.39, 0.29) is 31.5 Å². The number of hydrogen-bond donors (Lipinski definition) is 1. The lowest BCUT2D eigenvalue weighted by atomic mass is 10.0. The van der Waals surface area contributed by atoms with Crippen molar-refractivity contribution in [1.29, 1.82) is 0 Å². The molecule has 3 unspecified atom stereocenters. The van der Waals surface area contributed by atoms with Crippen molar-refractivity contribution in [2.24, 2.45) is 0 Å². The van der Waals surface area contributed by atoms with Gasteiger partial charge in [-0.25, -0.2) is 0 Å². The number of allylic oxidation sites excluding steroid dienone is 9. The number of hydrogen-bond acceptors (Lipinski definition) is 7. The van der Waals surface area contributed by atoms with E-state index < -0.39 is 20.0 Å². The number of rotatable bonds is 64. The minimum atomic E-state index is -4.70. The Hall–Kier alpha value is -2.29. The zero-order chi connectivity index (χ0) is 60.0. The maximum absolute atomic E-state index is 13.6. The zero-order valence-corrected chi connectivity index (χ0v) is 55.8. The number of phosphoric ester groups is 1. The van der Waals surface area contributed by atoms with Crippen LogP contribution in [0.4, 0.5) is 0 Å². The lowest BCUT2D eigenvalue weighted by Crippen LogP contribution is -2.47. The summed E-state index contributed by atoms with van der Waals surface area (Å²) in [7, 11) is 1.19. The van der Waals surface area contributed by atoms with Gasteiger partial charge in [-0.1, -0.05) is 287 Å². The Bertz CT molecular complexity index is 1590. The van der Waals surface area contributed by atoms with Crippen molar-refractivity contribution in [2.45, 2.75) is 348 Å². The molecule has 0 aliphatic rings. The van der Waals surface area contributed by atoms with E-state index in [0.717, 1.165) is 70.6 Å². The number of esters is 1. The van der Waals surface area contributed by atoms with Crippen molar-refractivity contribution in [1.82, 2.24) is 5.32 Å². The first kappa shape index (κ1) is 79.7. The number of carbonyl (C=O) groups excluding carboxylic acids is 2. The normalized spacial score (nSPS) is 13.9. The maximum Gasteiger partial charge on any atom is 0.306 e. The molecule has 1 amide bonds. The fourth-order valence-corrected chi connectivity index (χ4v) is 11.0. The molecule has 0 spiro atoms. The standard InChI is InChI=1S/C72H135N2O7P/c1-7-10-13-16-19-22-25-28-30-32-34-35-36-37-38-39-41-42-44-46-49-52-55-58-61-64-71(75)73-69(68-80-82(77,78)79-67-66-74(4,5)6)70(63-60-57-54-51-48-27-24-21-18-15-12-9-3)81-72(76)65-62-59-56-53-50-47-45-43-40-33-31-29-26-23-20-17-14-11-8-2/h19,22,28-31,34-35,60,63,69-70H,7-18,20-21,23-27,32-33,36-59,61-62,64-68H2,1-6H3,(H-,73,75,77,78)/b22-19-,30-28-,31-29+,35-34-,63-60-. The quantitative estimate of drug-likeness (QED) is 0.0212. The smallest absolute Gasteiger partial charge is 0.306 e. The Morgan fingerprint density at radius 2 is 0.744 bits per heavy atom. The molecule has 1 N–H and O–H groups in total. The second-order valence-electron chi connectivity index (χ2n) is 25.0. The first-order chi connectivity index (χ1) is 39.9. The minimum absolute atomic E-state index is 0.0229. The third-order valence-electron chi connectivity index (χ3n) is 15.7. The van der Waals surface area contributed by atoms with E-state index in [2.05, 4.69) is 74.7 Å². The number of ether oxygens (including phenoxy) is 1. The van der Waals surface area contributed by atoms with E-state index in [9.17, 15) is 19.0 Å². The minimum Gasteiger partial charge on any atom is -0.756 e. The van der Waals surface area contributed by atoms with Gasteiger partial charge in [0.1, 0.15) is 19.3 Å². The molecule has 0 aromatic rings. The largest absolute Gasteiger partial charge is 0.756 e. The molecule has 480 valence electrons. The molecule has 10 heteroatoms. The summed E-state index contributed by atoms with van der Waals surface area (Å²) in [6, 6.07) is -0.891. The van der Waals surface area contributed by atoms with E-state index >= 15 is 0 Å². The van der Waals surface area contributed by atoms with Crippen LogP contribution in [0, 0.1) is 0 Å². The van der Waals surface area contributed by atoms with Gasteiger partial charge in [-0.3, -0.25) is 14.2 Å². The summed E-state index contributed by atoms with van der Waals surface area (Å²) >= 11 is 0. The van der Waals surface area contributed by atoms with E-state index in [1.54, 1.807) is 0 Å². The lowest BCUT2D eigenvalue weighted by Gasteiger charge is -2.30. The van der Waals surface area contributed by atoms with Gasteiger partial charge in [0.15, 0.2) is 0 Å². The van der Waals surface area contributed by atoms with E-state index in [1.807, 2.05) is 33.3 Å². The number of likely N-dealkylation sites (N-methyl/N-ethyl adjacent to an activating group) is 1. The molecule has 0 radical (unpaired) electrons. The van der Waals surface area contributed by atoms with Crippen LogP contribution in [0.15, 0.2) is 60.8 Å². The summed E-state index contributed by atoms with van der Waals surface area (Å²) in [5.41, 5.74) is 0. The molecular weight excluding hydrogens is 1040 g/mol. The fraction of sp³-hybridized carbons (Fsp3) is 0.833. The average Bonchev–Trinajstić information content (AvgIpc) is 3.44. The van der Waals surface area contributed by atoms with Gasteiger partial charge < -0.3 is 28.5 Å². The highest BCUT2D eigenvalue weighted by atomic mass is 31.2. The van der Waals surface area contributed by atoms with Crippen molar-refractivity contribution in [3.8, 4) is 0 Å². The lowest BCUT2D eigenvalue weighted by molar-refractivity contribution is -0.870. The molecule has 0 aromatic carbocycles. The summed E-state index contributed by atoms with van der Waals surface area (Å²) in [6.07, 6.45) is 79.1. The van der Waals surface area contributed by atoms with Crippen molar-refractivity contribution >= 4 is 19.7 Å². The molecule has 0 aromatic heterocycles. The van der Waals surface area contributed by atoms with Crippen LogP contribution in [0.3, 0.4) is 0 Å². The van der Waals surface area contributed by atoms with Gasteiger partial charge in [-0.05, 0) is 96.0 Å². The fourth-order valence-electron chi connectivity index (χ4n) is 10.2. The summed E-state index contributed by atoms with van der Waals surface area (Å²) in [4.78, 5) is 40.2. The third kappa shape index (κ3) is 62.2. The zero-order valence-electron chi connectivity index (χ0n) is 54.9. The molecule has 0 aliphatic carbocycles. The molecule has 9 nitrogen and oxygen atoms in total. The van der Waals surface area contributed by atoms with Crippen LogP contribution >= 0.6 is 7.82 Å². The van der Waals surface area contributed by atoms with Gasteiger partial charge >= 0.3 is 5.97 Å². The summed E-state index contributed by atoms with van der Waals surface area (Å²) in [5, 5.41) is 3.04. The Morgan fingerprint density at radius 3 is 1.15 bits per heavy atom. The highest BCUT2D eigenvalue weighted by Gasteiger charge is 2.27. The van der Waals surface area contributed by atoms with Gasteiger partial charge in [0.25, 0.3) is 7.82 Å². The molecule has 0 fully saturated rings. The average molecular weight is 1170 g/mol. The molecular formula is C72H135N2O7P. The number of phosphoric acid groups is 1. The number of carbonyl (C=O) groups is 2. The Morgan fingerprint density at radius 1 is 0.427 bits per heavy atom. The van der Waals surface area contributed by atoms with Crippen LogP contribution < -0.4 is 10.2 Å². The molecule has 0 saturated heterocycles. The molecule has 3 atom stereocenters. The van der Waals surface area contributed by atoms with Crippen LogP contribution in [-0.2, 0) is 27.9 Å². The van der Waals surface area contributed by atoms with Gasteiger partial charge in [0.05, 0.1) is 33.8 Å². The summed E-state index contributed by atoms with van der Waals surface area (Å²) in [6.45, 7) is 6.85. The van der Waals surface area contributed by atoms with Gasteiger partial charge in [-0.2, -0.15) is 0 Å². The maximum atomic E-state index is 13.6. The monoisotopic (exact) mass is 1170 g/mol. The van der Waals surface area contributed by atoms with Gasteiger partial charge in [0.2, 0.25) is 5.91 Å². The van der Waals surface area contributed by atoms with Gasteiger partial charge in [0, 0.05) is 12.8 Å². The predicted molar refractivity (Wildman–Crippen MR) is 353 cm³/mol. The van der Waals surface area contributed by atoms with Crippen molar-refractivity contribution in [3.05, 3.63) is 60.8 Å². The SMILES string of the molecule is CCCCC/C=C\C/C=C\C/C=C\CCCCCCCCCCCCCCC(=O)NC(COP(=O)([O-])OCC[N+](C)(C)C)C(/C=C\CCCCCCCCCCCC)OC(=O)CCCCCCCCCCC/C=C/CCCCCCCC. The topological polar surface area (TPSA) is 114 Å². The van der Waals surface area contributed by atoms with Crippen LogP contribution in [0.25, 0.3) is 0 Å². The molecule has 0 saturated carbocycles. The number of quaternary nitrogens is 1. The van der Waals surface area contributed by atoms with Crippen LogP contribution in [-0.4, -0.2) is 69.4 Å². The second-order valence-corrected chi connectivity index (χ2v) is 26.4. The van der Waals surface area contributed by atoms with E-state index in [4.69, 9.17) is 13.8 Å². The number of amides is 1. The predicted octanol–water partition coefficient (Wildman–Crippen LogP) is 21.5.